The van der Waals surface area contributed by atoms with E-state index in [9.17, 15) is 0 Å². The van der Waals surface area contributed by atoms with E-state index in [0.29, 0.717) is 0 Å². The molecule has 0 aliphatic carbocycles. The summed E-state index contributed by atoms with van der Waals surface area (Å²) in [5.41, 5.74) is 1.76. The van der Waals surface area contributed by atoms with Crippen LogP contribution in [-0.4, -0.2) is 36.8 Å². The SMILES string of the molecule is CC(C)CCCC(C)CCC1(CCC(C)CCCC(C)C)Sc2c[c]([Sn]([CH3])([CH3])[CH3])sc2-c2s[c]([Sn]([CH3])([CH3])[CH3])cc21. The maximum atomic E-state index is 2.78. The van der Waals surface area contributed by atoms with Crippen molar-refractivity contribution in [2.45, 2.75) is 145 Å². The van der Waals surface area contributed by atoms with E-state index in [4.69, 9.17) is 0 Å². The second-order valence-electron chi connectivity index (χ2n) is 16.2. The van der Waals surface area contributed by atoms with Gasteiger partial charge in [0.25, 0.3) is 0 Å². The normalized spacial score (nSPS) is 19.2. The molecule has 3 rings (SSSR count). The molecule has 2 aromatic rings. The summed E-state index contributed by atoms with van der Waals surface area (Å²) in [5, 5.41) is 0. The molecular formula is C35H62S3Sn2. The molecule has 2 aromatic heterocycles. The zero-order valence-corrected chi connectivity index (χ0v) is 36.4. The predicted molar refractivity (Wildman–Crippen MR) is 195 cm³/mol. The molecule has 0 bridgehead atoms. The van der Waals surface area contributed by atoms with Crippen LogP contribution in [-0.2, 0) is 4.75 Å². The summed E-state index contributed by atoms with van der Waals surface area (Å²) in [6.07, 6.45) is 13.8. The van der Waals surface area contributed by atoms with Gasteiger partial charge in [-0.3, -0.25) is 0 Å². The van der Waals surface area contributed by atoms with Gasteiger partial charge in [0.1, 0.15) is 0 Å². The quantitative estimate of drug-likeness (QED) is 0.152. The van der Waals surface area contributed by atoms with Crippen molar-refractivity contribution in [1.29, 1.82) is 0 Å². The Labute approximate surface area is 270 Å². The number of hydrogen-bond donors (Lipinski definition) is 0. The van der Waals surface area contributed by atoms with Gasteiger partial charge in [0, 0.05) is 0 Å². The van der Waals surface area contributed by atoms with Crippen LogP contribution in [0.15, 0.2) is 17.0 Å². The molecular weight excluding hydrogens is 754 g/mol. The zero-order valence-electron chi connectivity index (χ0n) is 28.3. The first-order chi connectivity index (χ1) is 18.5. The maximum absolute atomic E-state index is 2.78. The van der Waals surface area contributed by atoms with Crippen molar-refractivity contribution in [2.75, 3.05) is 0 Å². The molecule has 228 valence electrons. The molecule has 2 unspecified atom stereocenters. The molecule has 0 N–H and O–H groups in total. The number of fused-ring (bicyclic) bond motifs is 3. The van der Waals surface area contributed by atoms with Crippen LogP contribution in [0.2, 0.25) is 29.6 Å². The number of thiophene rings is 2. The van der Waals surface area contributed by atoms with E-state index in [-0.39, 0.29) is 4.75 Å². The molecule has 1 aliphatic heterocycles. The van der Waals surface area contributed by atoms with Crippen molar-refractivity contribution in [1.82, 2.24) is 0 Å². The van der Waals surface area contributed by atoms with Gasteiger partial charge in [-0.25, -0.2) is 0 Å². The second kappa shape index (κ2) is 15.1. The Morgan fingerprint density at radius 1 is 0.600 bits per heavy atom. The summed E-state index contributed by atoms with van der Waals surface area (Å²) in [5.74, 6) is 3.32. The number of thioether (sulfide) groups is 1. The van der Waals surface area contributed by atoms with E-state index in [1.807, 2.05) is 0 Å². The topological polar surface area (TPSA) is 0 Å². The standard InChI is InChI=1S/C29H44S3.6CH3.2Sn/c1-21(2)9-7-11-23(5)13-17-29(18-14-24(6)12-8-10-22(3)4)25-15-19-30-27(25)28-26(32-29)16-20-31-28;;;;;;;;/h15-16,21-24H,7-14,17-18H2,1-6H3;6*1H3;;. The van der Waals surface area contributed by atoms with Crippen molar-refractivity contribution in [3.05, 3.63) is 17.7 Å². The zero-order chi connectivity index (χ0) is 29.9. The molecule has 0 saturated carbocycles. The van der Waals surface area contributed by atoms with Crippen LogP contribution >= 0.6 is 34.4 Å². The summed E-state index contributed by atoms with van der Waals surface area (Å²) >= 11 is 2.41. The molecule has 1 aliphatic rings. The van der Waals surface area contributed by atoms with Crippen molar-refractivity contribution in [2.24, 2.45) is 23.7 Å². The van der Waals surface area contributed by atoms with Gasteiger partial charge in [-0.1, -0.05) is 0 Å². The third-order valence-electron chi connectivity index (χ3n) is 8.95. The van der Waals surface area contributed by atoms with E-state index in [2.05, 4.69) is 118 Å². The van der Waals surface area contributed by atoms with Crippen LogP contribution in [0.4, 0.5) is 0 Å². The summed E-state index contributed by atoms with van der Waals surface area (Å²) < 4.78 is 3.83. The van der Waals surface area contributed by atoms with Gasteiger partial charge in [0.05, 0.1) is 0 Å². The Balaban J connectivity index is 1.97. The van der Waals surface area contributed by atoms with Crippen molar-refractivity contribution in [3.8, 4) is 9.75 Å². The Bertz CT molecular complexity index is 1040. The summed E-state index contributed by atoms with van der Waals surface area (Å²) in [7, 11) is 0. The van der Waals surface area contributed by atoms with E-state index in [0.717, 1.165) is 23.7 Å². The fraction of sp³-hybridized carbons (Fsp3) is 0.771. The Hall–Kier alpha value is 1.35. The minimum atomic E-state index is -2.19. The van der Waals surface area contributed by atoms with Gasteiger partial charge in [0.15, 0.2) is 0 Å². The van der Waals surface area contributed by atoms with Crippen LogP contribution in [0.3, 0.4) is 0 Å². The fourth-order valence-electron chi connectivity index (χ4n) is 6.00. The van der Waals surface area contributed by atoms with E-state index >= 15 is 0 Å². The Kier molecular flexibility index (Phi) is 13.5. The second-order valence-corrected chi connectivity index (χ2v) is 50.6. The van der Waals surface area contributed by atoms with Crippen molar-refractivity contribution < 1.29 is 0 Å². The molecule has 0 radical (unpaired) electrons. The predicted octanol–water partition coefficient (Wildman–Crippen LogP) is 12.4. The average Bonchev–Trinajstić information content (AvgIpc) is 3.46. The third kappa shape index (κ3) is 9.93. The van der Waals surface area contributed by atoms with Gasteiger partial charge in [-0.15, -0.1) is 0 Å². The Morgan fingerprint density at radius 3 is 1.50 bits per heavy atom. The molecule has 40 heavy (non-hydrogen) atoms. The first kappa shape index (κ1) is 35.8. The summed E-state index contributed by atoms with van der Waals surface area (Å²) in [6, 6.07) is 5.47. The molecule has 2 atom stereocenters. The van der Waals surface area contributed by atoms with Crippen molar-refractivity contribution in [3.63, 3.8) is 0 Å². The minimum absolute atomic E-state index is 0.262. The van der Waals surface area contributed by atoms with Crippen LogP contribution in [0.1, 0.15) is 111 Å². The molecule has 0 amide bonds. The van der Waals surface area contributed by atoms with Crippen molar-refractivity contribution >= 4 is 77.0 Å². The Morgan fingerprint density at radius 2 is 1.05 bits per heavy atom. The van der Waals surface area contributed by atoms with E-state index < -0.39 is 36.8 Å². The van der Waals surface area contributed by atoms with Gasteiger partial charge < -0.3 is 0 Å². The molecule has 0 spiro atoms. The van der Waals surface area contributed by atoms with E-state index in [1.54, 1.807) is 26.0 Å². The molecule has 0 saturated heterocycles. The van der Waals surface area contributed by atoms with Gasteiger partial charge in [-0.05, 0) is 0 Å². The van der Waals surface area contributed by atoms with Gasteiger partial charge >= 0.3 is 273 Å². The molecule has 3 heterocycles. The van der Waals surface area contributed by atoms with Gasteiger partial charge in [-0.2, -0.15) is 0 Å². The summed E-state index contributed by atoms with van der Waals surface area (Å²) in [6.45, 7) is 14.6. The first-order valence-corrected chi connectivity index (χ1v) is 38.9. The average molecular weight is 817 g/mol. The fourth-order valence-corrected chi connectivity index (χ4v) is 21.1. The summed E-state index contributed by atoms with van der Waals surface area (Å²) in [4.78, 5) is 20.7. The van der Waals surface area contributed by atoms with Crippen LogP contribution < -0.4 is 5.79 Å². The van der Waals surface area contributed by atoms with Gasteiger partial charge in [0.2, 0.25) is 0 Å². The molecule has 0 fully saturated rings. The first-order valence-electron chi connectivity index (χ1n) is 16.5. The monoisotopic (exact) mass is 818 g/mol. The number of rotatable bonds is 16. The number of hydrogen-bond acceptors (Lipinski definition) is 3. The molecule has 0 nitrogen and oxygen atoms in total. The molecule has 0 aromatic carbocycles. The van der Waals surface area contributed by atoms with Crippen LogP contribution in [0.5, 0.6) is 0 Å². The third-order valence-corrected chi connectivity index (χ3v) is 31.9. The van der Waals surface area contributed by atoms with Crippen LogP contribution in [0, 0.1) is 23.7 Å². The van der Waals surface area contributed by atoms with E-state index in [1.165, 1.54) is 64.2 Å². The van der Waals surface area contributed by atoms with Crippen LogP contribution in [0.25, 0.3) is 9.75 Å². The molecule has 5 heteroatoms.